The van der Waals surface area contributed by atoms with Gasteiger partial charge in [-0.3, -0.25) is 9.59 Å². The molecule has 148 valence electrons. The molecular formula is C17H22N3O6S-. The van der Waals surface area contributed by atoms with Crippen molar-refractivity contribution in [3.8, 4) is 0 Å². The van der Waals surface area contributed by atoms with E-state index in [4.69, 9.17) is 0 Å². The van der Waals surface area contributed by atoms with Gasteiger partial charge in [0, 0.05) is 31.6 Å². The molecule has 0 aliphatic carbocycles. The third-order valence-corrected chi connectivity index (χ3v) is 6.26. The summed E-state index contributed by atoms with van der Waals surface area (Å²) in [7, 11) is -3.71. The summed E-state index contributed by atoms with van der Waals surface area (Å²) in [5.41, 5.74) is 0.499. The summed E-state index contributed by atoms with van der Waals surface area (Å²) in [6, 6.07) is 4.76. The first-order valence-corrected chi connectivity index (χ1v) is 9.94. The van der Waals surface area contributed by atoms with E-state index in [1.807, 2.05) is 0 Å². The fraction of sp³-hybridized carbons (Fsp3) is 0.471. The smallest absolute Gasteiger partial charge is 0.243 e. The van der Waals surface area contributed by atoms with Crippen molar-refractivity contribution in [1.82, 2.24) is 9.62 Å². The maximum atomic E-state index is 12.7. The van der Waals surface area contributed by atoms with Gasteiger partial charge in [0.15, 0.2) is 0 Å². The predicted molar refractivity (Wildman–Crippen MR) is 94.8 cm³/mol. The lowest BCUT2D eigenvalue weighted by atomic mass is 9.97. The number of benzene rings is 1. The summed E-state index contributed by atoms with van der Waals surface area (Å²) in [4.78, 5) is 33.9. The van der Waals surface area contributed by atoms with Crippen molar-refractivity contribution < 1.29 is 27.9 Å². The van der Waals surface area contributed by atoms with Crippen LogP contribution in [-0.2, 0) is 24.4 Å². The fourth-order valence-electron chi connectivity index (χ4n) is 2.81. The molecule has 1 atom stereocenters. The van der Waals surface area contributed by atoms with Gasteiger partial charge < -0.3 is 20.5 Å². The van der Waals surface area contributed by atoms with Gasteiger partial charge >= 0.3 is 0 Å². The van der Waals surface area contributed by atoms with Crippen molar-refractivity contribution in [3.63, 3.8) is 0 Å². The van der Waals surface area contributed by atoms with Gasteiger partial charge in [0.25, 0.3) is 0 Å². The zero-order chi connectivity index (χ0) is 20.2. The van der Waals surface area contributed by atoms with Gasteiger partial charge in [-0.1, -0.05) is 0 Å². The van der Waals surface area contributed by atoms with Crippen LogP contribution in [0.15, 0.2) is 29.2 Å². The van der Waals surface area contributed by atoms with Crippen molar-refractivity contribution in [2.45, 2.75) is 37.6 Å². The van der Waals surface area contributed by atoms with Gasteiger partial charge in [-0.25, -0.2) is 8.42 Å². The number of carbonyl (C=O) groups excluding carboxylic acids is 3. The number of nitrogens with one attached hydrogen (secondary N) is 2. The Labute approximate surface area is 157 Å². The summed E-state index contributed by atoms with van der Waals surface area (Å²) in [6.45, 7) is 3.00. The van der Waals surface area contributed by atoms with E-state index < -0.39 is 33.9 Å². The lowest BCUT2D eigenvalue weighted by molar-refractivity contribution is -0.307. The Balaban J connectivity index is 1.98. The topological polar surface area (TPSA) is 136 Å². The quantitative estimate of drug-likeness (QED) is 0.653. The van der Waals surface area contributed by atoms with Gasteiger partial charge in [-0.2, -0.15) is 4.31 Å². The number of sulfonamides is 1. The highest BCUT2D eigenvalue weighted by atomic mass is 32.2. The first-order valence-electron chi connectivity index (χ1n) is 8.50. The van der Waals surface area contributed by atoms with Gasteiger partial charge in [0.05, 0.1) is 16.9 Å². The lowest BCUT2D eigenvalue weighted by Crippen LogP contribution is -2.49. The molecule has 0 unspecified atom stereocenters. The summed E-state index contributed by atoms with van der Waals surface area (Å²) >= 11 is 0. The van der Waals surface area contributed by atoms with Gasteiger partial charge in [0.1, 0.15) is 0 Å². The predicted octanol–water partition coefficient (Wildman–Crippen LogP) is -0.700. The molecule has 2 amide bonds. The summed E-state index contributed by atoms with van der Waals surface area (Å²) in [6.07, 6.45) is 0.601. The van der Waals surface area contributed by atoms with Crippen molar-refractivity contribution in [3.05, 3.63) is 24.3 Å². The molecule has 1 aromatic rings. The zero-order valence-electron chi connectivity index (χ0n) is 15.1. The number of nitrogens with zero attached hydrogens (tertiary/aromatic N) is 1. The summed E-state index contributed by atoms with van der Waals surface area (Å²) in [5, 5.41) is 15.6. The molecule has 0 spiro atoms. The number of carboxylic acid groups (broad SMARTS) is 1. The molecule has 10 heteroatoms. The number of hydrogen-bond acceptors (Lipinski definition) is 6. The molecule has 1 saturated heterocycles. The van der Waals surface area contributed by atoms with Gasteiger partial charge in [-0.05, 0) is 44.0 Å². The summed E-state index contributed by atoms with van der Waals surface area (Å²) < 4.78 is 26.7. The van der Waals surface area contributed by atoms with E-state index in [2.05, 4.69) is 10.6 Å². The van der Waals surface area contributed by atoms with Crippen molar-refractivity contribution in [1.29, 1.82) is 0 Å². The molecule has 0 radical (unpaired) electrons. The van der Waals surface area contributed by atoms with Crippen LogP contribution in [0.4, 0.5) is 5.69 Å². The lowest BCUT2D eigenvalue weighted by Gasteiger charge is -2.31. The molecule has 1 fully saturated rings. The number of carboxylic acids is 1. The Kier molecular flexibility index (Phi) is 6.55. The fourth-order valence-corrected chi connectivity index (χ4v) is 4.28. The molecule has 1 aliphatic heterocycles. The van der Waals surface area contributed by atoms with Crippen LogP contribution in [0, 0.1) is 5.92 Å². The van der Waals surface area contributed by atoms with Crippen LogP contribution in [0.25, 0.3) is 0 Å². The Morgan fingerprint density at radius 3 is 2.19 bits per heavy atom. The Morgan fingerprint density at radius 1 is 1.15 bits per heavy atom. The van der Waals surface area contributed by atoms with E-state index in [-0.39, 0.29) is 23.9 Å². The van der Waals surface area contributed by atoms with Gasteiger partial charge in [0.2, 0.25) is 21.8 Å². The van der Waals surface area contributed by atoms with E-state index in [0.29, 0.717) is 18.5 Å². The normalized spacial score (nSPS) is 17.1. The maximum absolute atomic E-state index is 12.7. The first kappa shape index (κ1) is 20.8. The minimum atomic E-state index is -3.71. The van der Waals surface area contributed by atoms with Crippen LogP contribution in [0.5, 0.6) is 0 Å². The third-order valence-electron chi connectivity index (χ3n) is 4.35. The van der Waals surface area contributed by atoms with Crippen LogP contribution in [0.2, 0.25) is 0 Å². The molecule has 1 aliphatic rings. The third kappa shape index (κ3) is 5.27. The molecule has 27 heavy (non-hydrogen) atoms. The molecule has 2 N–H and O–H groups in total. The Bertz CT molecular complexity index is 814. The van der Waals surface area contributed by atoms with E-state index in [0.717, 1.165) is 0 Å². The zero-order valence-corrected chi connectivity index (χ0v) is 15.9. The maximum Gasteiger partial charge on any atom is 0.243 e. The molecule has 0 aromatic heterocycles. The average Bonchev–Trinajstić information content (AvgIpc) is 2.61. The van der Waals surface area contributed by atoms with E-state index in [1.165, 1.54) is 42.4 Å². The molecule has 1 aromatic carbocycles. The Morgan fingerprint density at radius 2 is 1.70 bits per heavy atom. The summed E-state index contributed by atoms with van der Waals surface area (Å²) in [5.74, 6) is -2.48. The molecule has 1 heterocycles. The van der Waals surface area contributed by atoms with Crippen LogP contribution in [0.1, 0.15) is 26.7 Å². The second kappa shape index (κ2) is 8.49. The van der Waals surface area contributed by atoms with Gasteiger partial charge in [-0.15, -0.1) is 0 Å². The van der Waals surface area contributed by atoms with Crippen LogP contribution in [0.3, 0.4) is 0 Å². The molecule has 0 bridgehead atoms. The second-order valence-corrected chi connectivity index (χ2v) is 8.37. The monoisotopic (exact) mass is 396 g/mol. The highest BCUT2D eigenvalue weighted by molar-refractivity contribution is 7.89. The molecule has 9 nitrogen and oxygen atoms in total. The van der Waals surface area contributed by atoms with Crippen LogP contribution < -0.4 is 15.7 Å². The van der Waals surface area contributed by atoms with Crippen LogP contribution >= 0.6 is 0 Å². The van der Waals surface area contributed by atoms with Crippen molar-refractivity contribution >= 4 is 33.5 Å². The number of hydrogen-bond donors (Lipinski definition) is 2. The van der Waals surface area contributed by atoms with Crippen LogP contribution in [-0.4, -0.2) is 49.6 Å². The molecule has 2 rings (SSSR count). The van der Waals surface area contributed by atoms with Crippen molar-refractivity contribution in [2.24, 2.45) is 5.92 Å². The number of piperidine rings is 1. The number of anilines is 1. The molecular weight excluding hydrogens is 374 g/mol. The van der Waals surface area contributed by atoms with E-state index in [9.17, 15) is 27.9 Å². The first-order chi connectivity index (χ1) is 12.6. The standard InChI is InChI=1S/C17H23N3O6S/c1-11(17(23)24)18-16(22)13-7-9-20(10-8-13)27(25,26)15-5-3-14(4-6-15)19-12(2)21/h3-6,11,13H,7-10H2,1-2H3,(H,18,22)(H,19,21)(H,23,24)/p-1/t11-/m0/s1. The number of aliphatic carboxylic acids is 1. The number of amides is 2. The van der Waals surface area contributed by atoms with E-state index in [1.54, 1.807) is 0 Å². The van der Waals surface area contributed by atoms with Crippen molar-refractivity contribution in [2.75, 3.05) is 18.4 Å². The molecule has 0 saturated carbocycles. The Hall–Kier alpha value is -2.46. The highest BCUT2D eigenvalue weighted by Gasteiger charge is 2.32. The minimum absolute atomic E-state index is 0.102. The highest BCUT2D eigenvalue weighted by Crippen LogP contribution is 2.25. The average molecular weight is 396 g/mol. The second-order valence-electron chi connectivity index (χ2n) is 6.43. The number of carbonyl (C=O) groups is 3. The largest absolute Gasteiger partial charge is 0.548 e. The SMILES string of the molecule is CC(=O)Nc1ccc(S(=O)(=O)N2CCC(C(=O)N[C@@H](C)C(=O)[O-])CC2)cc1. The van der Waals surface area contributed by atoms with E-state index >= 15 is 0 Å². The minimum Gasteiger partial charge on any atom is -0.548 e. The number of rotatable bonds is 6.